The van der Waals surface area contributed by atoms with Crippen molar-refractivity contribution in [3.05, 3.63) is 35.2 Å². The average molecular weight is 340 g/mol. The molecule has 0 aliphatic carbocycles. The summed E-state index contributed by atoms with van der Waals surface area (Å²) in [6.45, 7) is 5.75. The Labute approximate surface area is 161 Å². The minimum Gasteiger partial charge on any atom is -0.858 e. The van der Waals surface area contributed by atoms with Crippen molar-refractivity contribution < 1.29 is 39.5 Å². The Morgan fingerprint density at radius 3 is 2.65 bits per heavy atom. The van der Waals surface area contributed by atoms with Crippen LogP contribution < -0.4 is 40.0 Å². The third-order valence-corrected chi connectivity index (χ3v) is 4.19. The number of carbonyl (C=O) groups is 1. The quantitative estimate of drug-likeness (QED) is 0.682. The number of amides is 1. The summed E-state index contributed by atoms with van der Waals surface area (Å²) in [5.74, 6) is 1.62. The molecule has 0 saturated heterocycles. The summed E-state index contributed by atoms with van der Waals surface area (Å²) in [5, 5.41) is 19.4. The van der Waals surface area contributed by atoms with Crippen molar-refractivity contribution in [2.45, 2.75) is 37.8 Å². The predicted molar refractivity (Wildman–Crippen MR) is 83.0 cm³/mol. The zero-order valence-electron chi connectivity index (χ0n) is 13.7. The zero-order chi connectivity index (χ0) is 15.9. The Balaban J connectivity index is 0.00000192. The van der Waals surface area contributed by atoms with Gasteiger partial charge in [-0.05, 0) is 44.3 Å². The maximum Gasteiger partial charge on any atom is 1.00 e. The number of nitrogens with one attached hydrogen (secondary N) is 1. The number of aromatic nitrogens is 3. The van der Waals surface area contributed by atoms with E-state index < -0.39 is 0 Å². The molecule has 1 N–H and O–H groups in total. The second-order valence-corrected chi connectivity index (χ2v) is 7.23. The van der Waals surface area contributed by atoms with Crippen molar-refractivity contribution in [2.75, 3.05) is 0 Å². The van der Waals surface area contributed by atoms with Crippen LogP contribution in [0.3, 0.4) is 0 Å². The zero-order valence-corrected chi connectivity index (χ0v) is 16.5. The first-order chi connectivity index (χ1) is 10.3. The van der Waals surface area contributed by atoms with Gasteiger partial charge in [0.25, 0.3) is 5.91 Å². The molecule has 0 fully saturated rings. The summed E-state index contributed by atoms with van der Waals surface area (Å²) in [7, 11) is 0. The van der Waals surface area contributed by atoms with Gasteiger partial charge in [-0.3, -0.25) is 4.79 Å². The number of nitrogens with zero attached hydrogens (tertiary/aromatic N) is 3. The summed E-state index contributed by atoms with van der Waals surface area (Å²) in [6, 6.07) is 3.30. The number of hydrogen-bond acceptors (Lipinski definition) is 5. The molecule has 2 aromatic rings. The van der Waals surface area contributed by atoms with Crippen molar-refractivity contribution in [1.29, 1.82) is 0 Å². The largest absolute Gasteiger partial charge is 1.00 e. The van der Waals surface area contributed by atoms with E-state index in [0.29, 0.717) is 17.1 Å². The SMILES string of the molecule is CC(C)(C)NC(=O)c1ccc(-n2nc3c(c2[O-])CSC3)nc1.[Na+]. The maximum atomic E-state index is 12.2. The number of carbonyl (C=O) groups excluding carboxylic acids is 1. The van der Waals surface area contributed by atoms with E-state index in [1.165, 1.54) is 10.9 Å². The minimum atomic E-state index is -0.307. The molecule has 8 heteroatoms. The second-order valence-electron chi connectivity index (χ2n) is 6.24. The first-order valence-electron chi connectivity index (χ1n) is 6.99. The van der Waals surface area contributed by atoms with Gasteiger partial charge in [0.05, 0.1) is 11.3 Å². The standard InChI is InChI=1S/C15H18N4O2S.Na/c1-15(2,3)17-13(20)9-4-5-12(16-6-9)19-14(21)10-7-22-8-11(10)18-19;/h4-6,21H,7-8H2,1-3H3,(H,17,20);/q;+1/p-1. The maximum absolute atomic E-state index is 12.2. The normalized spacial score (nSPS) is 13.3. The first-order valence-corrected chi connectivity index (χ1v) is 8.15. The fourth-order valence-corrected chi connectivity index (χ4v) is 3.22. The molecule has 2 aromatic heterocycles. The van der Waals surface area contributed by atoms with E-state index in [1.54, 1.807) is 23.9 Å². The summed E-state index contributed by atoms with van der Waals surface area (Å²) in [6.07, 6.45) is 1.47. The third kappa shape index (κ3) is 3.91. The molecular formula is C15H17N4NaO2S. The van der Waals surface area contributed by atoms with E-state index in [4.69, 9.17) is 0 Å². The molecule has 1 aliphatic rings. The van der Waals surface area contributed by atoms with E-state index in [0.717, 1.165) is 17.0 Å². The van der Waals surface area contributed by atoms with Crippen LogP contribution in [0.1, 0.15) is 42.4 Å². The molecule has 0 bridgehead atoms. The van der Waals surface area contributed by atoms with E-state index in [-0.39, 0.29) is 46.9 Å². The van der Waals surface area contributed by atoms with Crippen LogP contribution in [0.5, 0.6) is 5.88 Å². The van der Waals surface area contributed by atoms with Gasteiger partial charge in [-0.1, -0.05) is 0 Å². The summed E-state index contributed by atoms with van der Waals surface area (Å²) in [4.78, 5) is 16.3. The molecular weight excluding hydrogens is 323 g/mol. The second kappa shape index (κ2) is 6.84. The van der Waals surface area contributed by atoms with Gasteiger partial charge in [0, 0.05) is 23.2 Å². The summed E-state index contributed by atoms with van der Waals surface area (Å²) < 4.78 is 1.32. The minimum absolute atomic E-state index is 0. The van der Waals surface area contributed by atoms with Crippen LogP contribution in [0.2, 0.25) is 0 Å². The number of fused-ring (bicyclic) bond motifs is 1. The van der Waals surface area contributed by atoms with Gasteiger partial charge < -0.3 is 10.4 Å². The molecule has 3 heterocycles. The van der Waals surface area contributed by atoms with Crippen LogP contribution in [-0.4, -0.2) is 26.2 Å². The van der Waals surface area contributed by atoms with Crippen LogP contribution in [0.4, 0.5) is 0 Å². The third-order valence-electron chi connectivity index (χ3n) is 3.22. The number of rotatable bonds is 2. The van der Waals surface area contributed by atoms with Crippen molar-refractivity contribution >= 4 is 17.7 Å². The molecule has 6 nitrogen and oxygen atoms in total. The summed E-state index contributed by atoms with van der Waals surface area (Å²) >= 11 is 1.69. The average Bonchev–Trinajstić information content (AvgIpc) is 3.01. The molecule has 1 aliphatic heterocycles. The topological polar surface area (TPSA) is 82.9 Å². The molecule has 3 rings (SSSR count). The Kier molecular flexibility index (Phi) is 5.45. The van der Waals surface area contributed by atoms with E-state index in [2.05, 4.69) is 15.4 Å². The van der Waals surface area contributed by atoms with E-state index in [1.807, 2.05) is 20.8 Å². The predicted octanol–water partition coefficient (Wildman–Crippen LogP) is -1.38. The molecule has 1 amide bonds. The molecule has 0 spiro atoms. The van der Waals surface area contributed by atoms with Crippen molar-refractivity contribution in [3.63, 3.8) is 0 Å². The Bertz CT molecular complexity index is 722. The number of thioether (sulfide) groups is 1. The van der Waals surface area contributed by atoms with Gasteiger partial charge in [0.2, 0.25) is 0 Å². The molecule has 0 unspecified atom stereocenters. The fourth-order valence-electron chi connectivity index (χ4n) is 2.20. The van der Waals surface area contributed by atoms with Gasteiger partial charge in [-0.15, -0.1) is 0 Å². The van der Waals surface area contributed by atoms with Crippen molar-refractivity contribution in [2.24, 2.45) is 0 Å². The molecule has 23 heavy (non-hydrogen) atoms. The molecule has 0 aromatic carbocycles. The monoisotopic (exact) mass is 340 g/mol. The Hall–Kier alpha value is -1.02. The number of hydrogen-bond donors (Lipinski definition) is 1. The summed E-state index contributed by atoms with van der Waals surface area (Å²) in [5.41, 5.74) is 1.76. The molecule has 0 radical (unpaired) electrons. The molecule has 0 atom stereocenters. The van der Waals surface area contributed by atoms with Gasteiger partial charge in [-0.25, -0.2) is 9.67 Å². The van der Waals surface area contributed by atoms with E-state index >= 15 is 0 Å². The van der Waals surface area contributed by atoms with Gasteiger partial charge in [0.1, 0.15) is 0 Å². The van der Waals surface area contributed by atoms with Crippen LogP contribution in [0.25, 0.3) is 5.82 Å². The van der Waals surface area contributed by atoms with E-state index in [9.17, 15) is 9.90 Å². The van der Waals surface area contributed by atoms with Crippen LogP contribution in [-0.2, 0) is 11.5 Å². The Morgan fingerprint density at radius 2 is 2.09 bits per heavy atom. The van der Waals surface area contributed by atoms with Gasteiger partial charge in [-0.2, -0.15) is 16.9 Å². The smallest absolute Gasteiger partial charge is 0.858 e. The molecule has 0 saturated carbocycles. The molecule has 116 valence electrons. The number of pyridine rings is 1. The first kappa shape index (κ1) is 18.3. The van der Waals surface area contributed by atoms with Gasteiger partial charge in [0.15, 0.2) is 5.82 Å². The van der Waals surface area contributed by atoms with Crippen molar-refractivity contribution in [3.8, 4) is 11.7 Å². The Morgan fingerprint density at radius 1 is 1.35 bits per heavy atom. The van der Waals surface area contributed by atoms with Gasteiger partial charge >= 0.3 is 29.6 Å². The van der Waals surface area contributed by atoms with Crippen LogP contribution in [0, 0.1) is 0 Å². The van der Waals surface area contributed by atoms with Crippen molar-refractivity contribution in [1.82, 2.24) is 20.1 Å². The fraction of sp³-hybridized carbons (Fsp3) is 0.400. The van der Waals surface area contributed by atoms with Crippen LogP contribution >= 0.6 is 11.8 Å². The van der Waals surface area contributed by atoms with Crippen LogP contribution in [0.15, 0.2) is 18.3 Å².